The highest BCUT2D eigenvalue weighted by Crippen LogP contribution is 2.55. The third-order valence-electron chi connectivity index (χ3n) is 8.16. The van der Waals surface area contributed by atoms with E-state index in [4.69, 9.17) is 9.47 Å². The second kappa shape index (κ2) is 10.8. The minimum Gasteiger partial charge on any atom is -0.504 e. The standard InChI is InChI=1S/C32H46O4/c1-9-25(10-2)35-28-15-13-23(17-26(28)33)32(20-22(5)19-30(6,7)21-32)24-14-16-29(27(34)18-24)36-31(8,11-3)12-4/h9,13-18,22,33-34H,10-12,19-21H2,1-8H3/b25-9+. The Labute approximate surface area is 218 Å². The largest absolute Gasteiger partial charge is 0.504 e. The molecule has 0 aromatic heterocycles. The summed E-state index contributed by atoms with van der Waals surface area (Å²) in [5.41, 5.74) is 1.55. The fourth-order valence-corrected chi connectivity index (χ4v) is 6.12. The van der Waals surface area contributed by atoms with E-state index in [0.29, 0.717) is 17.4 Å². The highest BCUT2D eigenvalue weighted by Gasteiger charge is 2.45. The van der Waals surface area contributed by atoms with Crippen molar-refractivity contribution < 1.29 is 19.7 Å². The van der Waals surface area contributed by atoms with Gasteiger partial charge in [0.1, 0.15) is 5.60 Å². The van der Waals surface area contributed by atoms with Gasteiger partial charge in [-0.2, -0.15) is 0 Å². The van der Waals surface area contributed by atoms with Crippen molar-refractivity contribution >= 4 is 0 Å². The fraction of sp³-hybridized carbons (Fsp3) is 0.562. The quantitative estimate of drug-likeness (QED) is 0.342. The minimum absolute atomic E-state index is 0.108. The van der Waals surface area contributed by atoms with Crippen LogP contribution in [0.1, 0.15) is 105 Å². The summed E-state index contributed by atoms with van der Waals surface area (Å²) in [5.74, 6) is 2.61. The molecule has 198 valence electrons. The molecule has 2 aromatic rings. The van der Waals surface area contributed by atoms with Crippen molar-refractivity contribution in [3.05, 3.63) is 59.4 Å². The van der Waals surface area contributed by atoms with Gasteiger partial charge in [-0.1, -0.05) is 53.7 Å². The van der Waals surface area contributed by atoms with Gasteiger partial charge in [0.25, 0.3) is 0 Å². The number of phenols is 2. The summed E-state index contributed by atoms with van der Waals surface area (Å²) in [7, 11) is 0. The number of ether oxygens (including phenoxy) is 2. The number of benzene rings is 2. The first kappa shape index (κ1) is 28.0. The Morgan fingerprint density at radius 1 is 0.972 bits per heavy atom. The van der Waals surface area contributed by atoms with Crippen molar-refractivity contribution in [3.63, 3.8) is 0 Å². The lowest BCUT2D eigenvalue weighted by Gasteiger charge is -2.48. The summed E-state index contributed by atoms with van der Waals surface area (Å²) < 4.78 is 12.2. The highest BCUT2D eigenvalue weighted by molar-refractivity contribution is 5.52. The normalized spacial score (nSPS) is 22.3. The number of aromatic hydroxyl groups is 2. The highest BCUT2D eigenvalue weighted by atomic mass is 16.5. The van der Waals surface area contributed by atoms with Gasteiger partial charge in [0.2, 0.25) is 0 Å². The molecule has 1 fully saturated rings. The van der Waals surface area contributed by atoms with Crippen molar-refractivity contribution in [2.24, 2.45) is 11.3 Å². The Balaban J connectivity index is 2.10. The predicted molar refractivity (Wildman–Crippen MR) is 148 cm³/mol. The van der Waals surface area contributed by atoms with E-state index < -0.39 is 0 Å². The molecule has 1 aliphatic carbocycles. The molecule has 2 N–H and O–H groups in total. The molecule has 3 rings (SSSR count). The SMILES string of the molecule is C/C=C(\CC)Oc1ccc(C2(c3ccc(OC(C)(CC)CC)c(O)c3)CC(C)CC(C)(C)C2)cc1O. The van der Waals surface area contributed by atoms with Gasteiger partial charge < -0.3 is 19.7 Å². The molecule has 0 saturated heterocycles. The average molecular weight is 495 g/mol. The Morgan fingerprint density at radius 2 is 1.53 bits per heavy atom. The maximum absolute atomic E-state index is 11.1. The maximum atomic E-state index is 11.1. The van der Waals surface area contributed by atoms with E-state index in [1.165, 1.54) is 0 Å². The van der Waals surface area contributed by atoms with E-state index in [0.717, 1.165) is 55.4 Å². The fourth-order valence-electron chi connectivity index (χ4n) is 6.12. The molecular weight excluding hydrogens is 448 g/mol. The first-order chi connectivity index (χ1) is 16.9. The summed E-state index contributed by atoms with van der Waals surface area (Å²) in [6, 6.07) is 11.7. The number of allylic oxidation sites excluding steroid dienone is 2. The smallest absolute Gasteiger partial charge is 0.168 e. The molecule has 4 heteroatoms. The van der Waals surface area contributed by atoms with Crippen LogP contribution in [0.15, 0.2) is 48.2 Å². The zero-order valence-electron chi connectivity index (χ0n) is 23.6. The van der Waals surface area contributed by atoms with Gasteiger partial charge >= 0.3 is 0 Å². The Hall–Kier alpha value is -2.62. The van der Waals surface area contributed by atoms with Crippen LogP contribution in [0.5, 0.6) is 23.0 Å². The van der Waals surface area contributed by atoms with Crippen LogP contribution in [0, 0.1) is 11.3 Å². The first-order valence-corrected chi connectivity index (χ1v) is 13.6. The van der Waals surface area contributed by atoms with Crippen LogP contribution >= 0.6 is 0 Å². The molecule has 0 bridgehead atoms. The van der Waals surface area contributed by atoms with Crippen molar-refractivity contribution in [1.29, 1.82) is 0 Å². The van der Waals surface area contributed by atoms with Gasteiger partial charge in [-0.05, 0) is 98.8 Å². The van der Waals surface area contributed by atoms with Gasteiger partial charge in [-0.25, -0.2) is 0 Å². The van der Waals surface area contributed by atoms with Gasteiger partial charge in [0.15, 0.2) is 23.0 Å². The van der Waals surface area contributed by atoms with E-state index in [1.54, 1.807) is 0 Å². The predicted octanol–water partition coefficient (Wildman–Crippen LogP) is 8.88. The molecule has 1 saturated carbocycles. The molecule has 2 aromatic carbocycles. The molecule has 0 radical (unpaired) electrons. The number of rotatable bonds is 9. The molecule has 0 spiro atoms. The van der Waals surface area contributed by atoms with Gasteiger partial charge in [0, 0.05) is 11.8 Å². The van der Waals surface area contributed by atoms with Crippen LogP contribution in [0.4, 0.5) is 0 Å². The zero-order valence-corrected chi connectivity index (χ0v) is 23.6. The second-order valence-corrected chi connectivity index (χ2v) is 11.8. The van der Waals surface area contributed by atoms with Gasteiger partial charge in [-0.15, -0.1) is 0 Å². The summed E-state index contributed by atoms with van der Waals surface area (Å²) >= 11 is 0. The Bertz CT molecular complexity index is 1080. The van der Waals surface area contributed by atoms with Crippen LogP contribution in [0.25, 0.3) is 0 Å². The minimum atomic E-state index is -0.347. The third-order valence-corrected chi connectivity index (χ3v) is 8.16. The molecule has 0 heterocycles. The summed E-state index contributed by atoms with van der Waals surface area (Å²) in [5, 5.41) is 22.1. The van der Waals surface area contributed by atoms with Crippen LogP contribution in [0.2, 0.25) is 0 Å². The number of phenolic OH excluding ortho intramolecular Hbond substituents is 2. The molecule has 1 aliphatic rings. The monoisotopic (exact) mass is 494 g/mol. The molecule has 2 atom stereocenters. The summed E-state index contributed by atoms with van der Waals surface area (Å²) in [6.45, 7) is 17.2. The summed E-state index contributed by atoms with van der Waals surface area (Å²) in [4.78, 5) is 0. The molecular formula is C32H46O4. The van der Waals surface area contributed by atoms with E-state index in [1.807, 2.05) is 44.2 Å². The Morgan fingerprint density at radius 3 is 1.97 bits per heavy atom. The average Bonchev–Trinajstić information content (AvgIpc) is 2.83. The lowest BCUT2D eigenvalue weighted by molar-refractivity contribution is 0.0766. The second-order valence-electron chi connectivity index (χ2n) is 11.8. The Kier molecular flexibility index (Phi) is 8.37. The van der Waals surface area contributed by atoms with Crippen molar-refractivity contribution in [1.82, 2.24) is 0 Å². The topological polar surface area (TPSA) is 58.9 Å². The molecule has 36 heavy (non-hydrogen) atoms. The van der Waals surface area contributed by atoms with Gasteiger partial charge in [0.05, 0.1) is 5.76 Å². The van der Waals surface area contributed by atoms with Crippen LogP contribution in [-0.2, 0) is 5.41 Å². The number of hydrogen-bond donors (Lipinski definition) is 2. The molecule has 2 unspecified atom stereocenters. The van der Waals surface area contributed by atoms with Crippen molar-refractivity contribution in [3.8, 4) is 23.0 Å². The van der Waals surface area contributed by atoms with Gasteiger partial charge in [-0.3, -0.25) is 0 Å². The molecule has 0 amide bonds. The first-order valence-electron chi connectivity index (χ1n) is 13.6. The number of hydrogen-bond acceptors (Lipinski definition) is 4. The van der Waals surface area contributed by atoms with E-state index in [-0.39, 0.29) is 27.9 Å². The van der Waals surface area contributed by atoms with E-state index >= 15 is 0 Å². The lowest BCUT2D eigenvalue weighted by atomic mass is 9.55. The molecule has 0 aliphatic heterocycles. The zero-order chi connectivity index (χ0) is 26.7. The lowest BCUT2D eigenvalue weighted by Crippen LogP contribution is -2.41. The molecule has 4 nitrogen and oxygen atoms in total. The van der Waals surface area contributed by atoms with Crippen LogP contribution in [0.3, 0.4) is 0 Å². The summed E-state index contributed by atoms with van der Waals surface area (Å²) in [6.07, 6.45) is 7.40. The van der Waals surface area contributed by atoms with Crippen LogP contribution in [-0.4, -0.2) is 15.8 Å². The third kappa shape index (κ3) is 5.85. The van der Waals surface area contributed by atoms with Crippen LogP contribution < -0.4 is 9.47 Å². The van der Waals surface area contributed by atoms with Crippen molar-refractivity contribution in [2.75, 3.05) is 0 Å². The maximum Gasteiger partial charge on any atom is 0.168 e. The van der Waals surface area contributed by atoms with E-state index in [2.05, 4.69) is 53.7 Å². The van der Waals surface area contributed by atoms with Crippen molar-refractivity contribution in [2.45, 2.75) is 105 Å². The van der Waals surface area contributed by atoms with E-state index in [9.17, 15) is 10.2 Å².